The fourth-order valence-electron chi connectivity index (χ4n) is 4.96. The molecule has 5 aromatic rings. The first-order chi connectivity index (χ1) is 16.2. The second-order valence-electron chi connectivity index (χ2n) is 8.91. The number of ketones is 1. The van der Waals surface area contributed by atoms with Crippen molar-refractivity contribution in [2.75, 3.05) is 0 Å². The summed E-state index contributed by atoms with van der Waals surface area (Å²) >= 11 is 0. The molecule has 0 bridgehead atoms. The van der Waals surface area contributed by atoms with Crippen LogP contribution in [0.4, 0.5) is 0 Å². The number of imidazole rings is 2. The van der Waals surface area contributed by atoms with Gasteiger partial charge >= 0.3 is 0 Å². The number of nitrogens with zero attached hydrogens (tertiary/aromatic N) is 5. The monoisotopic (exact) mass is 435 g/mol. The van der Waals surface area contributed by atoms with Crippen LogP contribution >= 0.6 is 0 Å². The fraction of sp³-hybridized carbons (Fsp3) is 0.259. The third kappa shape index (κ3) is 3.52. The smallest absolute Gasteiger partial charge is 0.163 e. The number of fused-ring (bicyclic) bond motifs is 2. The van der Waals surface area contributed by atoms with Crippen LogP contribution in [-0.2, 0) is 0 Å². The average molecular weight is 436 g/mol. The van der Waals surface area contributed by atoms with Gasteiger partial charge in [0, 0.05) is 41.3 Å². The molecule has 1 aliphatic carbocycles. The molecule has 6 rings (SSSR count). The third-order valence-electron chi connectivity index (χ3n) is 6.78. The van der Waals surface area contributed by atoms with Gasteiger partial charge in [-0.05, 0) is 31.9 Å². The van der Waals surface area contributed by atoms with Gasteiger partial charge in [-0.25, -0.2) is 15.0 Å². The number of rotatable bonds is 4. The standard InChI is InChI=1S/C27H25N5O/c1-18(33)19-7-9-20(10-8-19)24-16-31-14-13-28-27(31)26(30-24)21-11-12-23-25(15-21)32(17-29-23)22-5-3-2-4-6-22/h7-17,22H,2-6H2,1H3. The van der Waals surface area contributed by atoms with E-state index in [-0.39, 0.29) is 5.78 Å². The zero-order valence-corrected chi connectivity index (χ0v) is 18.6. The van der Waals surface area contributed by atoms with Gasteiger partial charge in [0.05, 0.1) is 23.1 Å². The van der Waals surface area contributed by atoms with Crippen LogP contribution < -0.4 is 0 Å². The summed E-state index contributed by atoms with van der Waals surface area (Å²) in [6, 6.07) is 14.5. The molecule has 1 saturated carbocycles. The molecule has 3 aromatic heterocycles. The van der Waals surface area contributed by atoms with Gasteiger partial charge in [-0.3, -0.25) is 4.79 Å². The molecule has 0 atom stereocenters. The van der Waals surface area contributed by atoms with Crippen LogP contribution in [0.25, 0.3) is 39.2 Å². The van der Waals surface area contributed by atoms with E-state index in [2.05, 4.69) is 32.7 Å². The summed E-state index contributed by atoms with van der Waals surface area (Å²) in [5, 5.41) is 0. The quantitative estimate of drug-likeness (QED) is 0.319. The SMILES string of the molecule is CC(=O)c1ccc(-c2cn3ccnc3c(-c3ccc4ncn(C5CCCCC5)c4c3)n2)cc1. The Morgan fingerprint density at radius 1 is 0.970 bits per heavy atom. The Morgan fingerprint density at radius 3 is 2.55 bits per heavy atom. The lowest BCUT2D eigenvalue weighted by Crippen LogP contribution is -2.11. The van der Waals surface area contributed by atoms with E-state index < -0.39 is 0 Å². The van der Waals surface area contributed by atoms with Crippen molar-refractivity contribution >= 4 is 22.5 Å². The molecule has 0 unspecified atom stereocenters. The predicted molar refractivity (Wildman–Crippen MR) is 129 cm³/mol. The highest BCUT2D eigenvalue weighted by atomic mass is 16.1. The maximum Gasteiger partial charge on any atom is 0.163 e. The molecule has 3 heterocycles. The van der Waals surface area contributed by atoms with Crippen molar-refractivity contribution in [2.24, 2.45) is 0 Å². The van der Waals surface area contributed by atoms with E-state index in [9.17, 15) is 4.79 Å². The molecule has 0 spiro atoms. The highest BCUT2D eigenvalue weighted by Gasteiger charge is 2.19. The molecule has 0 N–H and O–H groups in total. The molecule has 6 heteroatoms. The van der Waals surface area contributed by atoms with Crippen molar-refractivity contribution in [1.29, 1.82) is 0 Å². The van der Waals surface area contributed by atoms with E-state index in [1.165, 1.54) is 32.1 Å². The van der Waals surface area contributed by atoms with E-state index >= 15 is 0 Å². The van der Waals surface area contributed by atoms with Crippen LogP contribution in [-0.4, -0.2) is 29.7 Å². The van der Waals surface area contributed by atoms with E-state index in [1.54, 1.807) is 13.1 Å². The van der Waals surface area contributed by atoms with Crippen molar-refractivity contribution in [3.05, 3.63) is 72.9 Å². The number of carbonyl (C=O) groups is 1. The first-order valence-corrected chi connectivity index (χ1v) is 11.6. The molecule has 0 saturated heterocycles. The van der Waals surface area contributed by atoms with Crippen molar-refractivity contribution in [3.63, 3.8) is 0 Å². The van der Waals surface area contributed by atoms with Gasteiger partial charge in [-0.15, -0.1) is 0 Å². The zero-order chi connectivity index (χ0) is 22.4. The summed E-state index contributed by atoms with van der Waals surface area (Å²) in [7, 11) is 0. The summed E-state index contributed by atoms with van der Waals surface area (Å²) in [5.41, 5.74) is 7.36. The van der Waals surface area contributed by atoms with Gasteiger partial charge in [-0.1, -0.05) is 49.6 Å². The summed E-state index contributed by atoms with van der Waals surface area (Å²) < 4.78 is 4.37. The van der Waals surface area contributed by atoms with E-state index in [0.29, 0.717) is 11.6 Å². The van der Waals surface area contributed by atoms with E-state index in [0.717, 1.165) is 39.2 Å². The van der Waals surface area contributed by atoms with Gasteiger partial charge in [0.25, 0.3) is 0 Å². The number of Topliss-reactive ketones (excluding diaryl/α,β-unsaturated/α-hetero) is 1. The maximum absolute atomic E-state index is 11.7. The van der Waals surface area contributed by atoms with Crippen molar-refractivity contribution in [3.8, 4) is 22.5 Å². The van der Waals surface area contributed by atoms with Gasteiger partial charge < -0.3 is 8.97 Å². The minimum absolute atomic E-state index is 0.0585. The normalized spacial score (nSPS) is 14.8. The molecule has 6 nitrogen and oxygen atoms in total. The largest absolute Gasteiger partial charge is 0.327 e. The summed E-state index contributed by atoms with van der Waals surface area (Å²) in [4.78, 5) is 25.9. The first-order valence-electron chi connectivity index (χ1n) is 11.6. The van der Waals surface area contributed by atoms with Crippen LogP contribution in [0.15, 0.2) is 67.4 Å². The van der Waals surface area contributed by atoms with Crippen LogP contribution in [0, 0.1) is 0 Å². The Balaban J connectivity index is 1.48. The van der Waals surface area contributed by atoms with Crippen molar-refractivity contribution < 1.29 is 4.79 Å². The van der Waals surface area contributed by atoms with Crippen molar-refractivity contribution in [1.82, 2.24) is 23.9 Å². The number of hydrogen-bond donors (Lipinski definition) is 0. The fourth-order valence-corrected chi connectivity index (χ4v) is 4.96. The molecule has 164 valence electrons. The second kappa shape index (κ2) is 7.96. The lowest BCUT2D eigenvalue weighted by atomic mass is 9.95. The molecular formula is C27H25N5O. The second-order valence-corrected chi connectivity index (χ2v) is 8.91. The summed E-state index contributed by atoms with van der Waals surface area (Å²) in [6.45, 7) is 1.58. The molecular weight excluding hydrogens is 410 g/mol. The topological polar surface area (TPSA) is 65.1 Å². The lowest BCUT2D eigenvalue weighted by molar-refractivity contribution is 0.101. The van der Waals surface area contributed by atoms with Crippen LogP contribution in [0.5, 0.6) is 0 Å². The Bertz CT molecular complexity index is 1470. The van der Waals surface area contributed by atoms with Crippen LogP contribution in [0.3, 0.4) is 0 Å². The minimum atomic E-state index is 0.0585. The lowest BCUT2D eigenvalue weighted by Gasteiger charge is -2.23. The highest BCUT2D eigenvalue weighted by Crippen LogP contribution is 2.33. The molecule has 2 aromatic carbocycles. The van der Waals surface area contributed by atoms with Gasteiger partial charge in [0.2, 0.25) is 0 Å². The first kappa shape index (κ1) is 19.9. The Hall–Kier alpha value is -3.80. The zero-order valence-electron chi connectivity index (χ0n) is 18.6. The van der Waals surface area contributed by atoms with Gasteiger partial charge in [0.1, 0.15) is 5.69 Å². The predicted octanol–water partition coefficient (Wildman–Crippen LogP) is 6.12. The average Bonchev–Trinajstić information content (AvgIpc) is 3.50. The summed E-state index contributed by atoms with van der Waals surface area (Å²) in [6.07, 6.45) is 14.0. The number of carbonyl (C=O) groups excluding carboxylic acids is 1. The number of benzene rings is 2. The maximum atomic E-state index is 11.7. The molecule has 1 aliphatic rings. The Kier molecular flexibility index (Phi) is 4.79. The third-order valence-corrected chi connectivity index (χ3v) is 6.78. The van der Waals surface area contributed by atoms with Gasteiger partial charge in [0.15, 0.2) is 11.4 Å². The molecule has 0 radical (unpaired) electrons. The van der Waals surface area contributed by atoms with Crippen molar-refractivity contribution in [2.45, 2.75) is 45.1 Å². The van der Waals surface area contributed by atoms with Crippen LogP contribution in [0.1, 0.15) is 55.4 Å². The van der Waals surface area contributed by atoms with E-state index in [4.69, 9.17) is 4.98 Å². The molecule has 33 heavy (non-hydrogen) atoms. The molecule has 1 fully saturated rings. The molecule has 0 amide bonds. The minimum Gasteiger partial charge on any atom is -0.327 e. The Labute approximate surface area is 191 Å². The Morgan fingerprint density at radius 2 is 1.76 bits per heavy atom. The van der Waals surface area contributed by atoms with Gasteiger partial charge in [-0.2, -0.15) is 0 Å². The number of hydrogen-bond acceptors (Lipinski definition) is 4. The van der Waals surface area contributed by atoms with Crippen LogP contribution in [0.2, 0.25) is 0 Å². The van der Waals surface area contributed by atoms with E-state index in [1.807, 2.05) is 47.4 Å². The highest BCUT2D eigenvalue weighted by molar-refractivity contribution is 5.94. The summed E-state index contributed by atoms with van der Waals surface area (Å²) in [5.74, 6) is 0.0585. The number of aromatic nitrogens is 5. The molecule has 0 aliphatic heterocycles.